The van der Waals surface area contributed by atoms with Crippen LogP contribution in [0.4, 0.5) is 0 Å². The van der Waals surface area contributed by atoms with E-state index in [1.165, 1.54) is 5.01 Å². The lowest BCUT2D eigenvalue weighted by atomic mass is 10.1. The van der Waals surface area contributed by atoms with Gasteiger partial charge in [-0.05, 0) is 35.0 Å². The first-order valence-corrected chi connectivity index (χ1v) is 10.8. The van der Waals surface area contributed by atoms with Crippen LogP contribution < -0.4 is 5.56 Å². The smallest absolute Gasteiger partial charge is 0.271 e. The number of thiophene rings is 2. The SMILES string of the molecule is O=C(Cn1nnc2ccccc2c1=O)N1N=C(c2cccs2)C[C@@H]1c1cccs1. The summed E-state index contributed by atoms with van der Waals surface area (Å²) in [5, 5.41) is 18.5. The second-order valence-electron chi connectivity index (χ2n) is 6.57. The highest BCUT2D eigenvalue weighted by molar-refractivity contribution is 7.12. The van der Waals surface area contributed by atoms with Crippen molar-refractivity contribution in [1.82, 2.24) is 20.0 Å². The molecule has 0 aliphatic carbocycles. The molecule has 1 aromatic carbocycles. The largest absolute Gasteiger partial charge is 0.278 e. The molecule has 0 N–H and O–H groups in total. The molecular formula is C20H15N5O2S2. The average molecular weight is 422 g/mol. The lowest BCUT2D eigenvalue weighted by Gasteiger charge is -2.20. The molecule has 0 saturated heterocycles. The quantitative estimate of drug-likeness (QED) is 0.506. The van der Waals surface area contributed by atoms with Gasteiger partial charge in [-0.25, -0.2) is 9.69 Å². The second kappa shape index (κ2) is 7.34. The van der Waals surface area contributed by atoms with Gasteiger partial charge in [0.05, 0.1) is 22.0 Å². The fourth-order valence-corrected chi connectivity index (χ4v) is 4.89. The summed E-state index contributed by atoms with van der Waals surface area (Å²) in [7, 11) is 0. The molecule has 4 heterocycles. The van der Waals surface area contributed by atoms with Gasteiger partial charge in [0.25, 0.3) is 11.5 Å². The van der Waals surface area contributed by atoms with Gasteiger partial charge in [0.15, 0.2) is 0 Å². The van der Waals surface area contributed by atoms with Crippen LogP contribution in [0.2, 0.25) is 0 Å². The van der Waals surface area contributed by atoms with Crippen LogP contribution in [-0.4, -0.2) is 31.6 Å². The van der Waals surface area contributed by atoms with E-state index in [-0.39, 0.29) is 24.1 Å². The van der Waals surface area contributed by atoms with E-state index < -0.39 is 0 Å². The molecule has 0 spiro atoms. The summed E-state index contributed by atoms with van der Waals surface area (Å²) in [6.07, 6.45) is 0.644. The zero-order valence-electron chi connectivity index (χ0n) is 15.1. The highest BCUT2D eigenvalue weighted by Gasteiger charge is 2.34. The van der Waals surface area contributed by atoms with Gasteiger partial charge in [0.1, 0.15) is 12.1 Å². The Balaban J connectivity index is 1.48. The van der Waals surface area contributed by atoms with Gasteiger partial charge < -0.3 is 0 Å². The Labute approximate surface area is 173 Å². The van der Waals surface area contributed by atoms with E-state index in [1.54, 1.807) is 46.9 Å². The van der Waals surface area contributed by atoms with E-state index in [1.807, 2.05) is 35.0 Å². The average Bonchev–Trinajstić information content (AvgIpc) is 3.50. The van der Waals surface area contributed by atoms with Crippen LogP contribution in [0.1, 0.15) is 22.2 Å². The van der Waals surface area contributed by atoms with Crippen molar-refractivity contribution in [3.63, 3.8) is 0 Å². The number of nitrogens with zero attached hydrogens (tertiary/aromatic N) is 5. The molecule has 0 radical (unpaired) electrons. The third kappa shape index (κ3) is 3.28. The van der Waals surface area contributed by atoms with E-state index in [2.05, 4.69) is 15.4 Å². The van der Waals surface area contributed by atoms with E-state index in [0.717, 1.165) is 20.1 Å². The number of aromatic nitrogens is 3. The topological polar surface area (TPSA) is 80.4 Å². The fourth-order valence-electron chi connectivity index (χ4n) is 3.36. The first kappa shape index (κ1) is 17.9. The number of hydrogen-bond donors (Lipinski definition) is 0. The molecule has 1 atom stereocenters. The van der Waals surface area contributed by atoms with Gasteiger partial charge in [-0.1, -0.05) is 29.5 Å². The predicted molar refractivity (Wildman–Crippen MR) is 113 cm³/mol. The highest BCUT2D eigenvalue weighted by Crippen LogP contribution is 2.35. The molecule has 29 heavy (non-hydrogen) atoms. The van der Waals surface area contributed by atoms with Gasteiger partial charge >= 0.3 is 0 Å². The van der Waals surface area contributed by atoms with Crippen molar-refractivity contribution in [2.75, 3.05) is 0 Å². The van der Waals surface area contributed by atoms with Gasteiger partial charge in [0, 0.05) is 11.3 Å². The maximum atomic E-state index is 13.1. The molecular weight excluding hydrogens is 406 g/mol. The molecule has 5 rings (SSSR count). The Morgan fingerprint density at radius 2 is 1.90 bits per heavy atom. The van der Waals surface area contributed by atoms with Crippen molar-refractivity contribution in [3.8, 4) is 0 Å². The molecule has 144 valence electrons. The number of carbonyl (C=O) groups excluding carboxylic acids is 1. The number of hydrogen-bond acceptors (Lipinski definition) is 7. The summed E-state index contributed by atoms with van der Waals surface area (Å²) in [6.45, 7) is -0.209. The molecule has 0 fully saturated rings. The van der Waals surface area contributed by atoms with Crippen LogP contribution in [-0.2, 0) is 11.3 Å². The molecule has 0 saturated carbocycles. The molecule has 1 amide bonds. The van der Waals surface area contributed by atoms with Crippen LogP contribution in [0.25, 0.3) is 10.9 Å². The van der Waals surface area contributed by atoms with Gasteiger partial charge in [0.2, 0.25) is 0 Å². The van der Waals surface area contributed by atoms with E-state index in [9.17, 15) is 9.59 Å². The molecule has 1 aliphatic rings. The number of hydrazone groups is 1. The van der Waals surface area contributed by atoms with E-state index in [4.69, 9.17) is 0 Å². The number of rotatable bonds is 4. The minimum atomic E-state index is -0.335. The minimum Gasteiger partial charge on any atom is -0.271 e. The van der Waals surface area contributed by atoms with Crippen LogP contribution in [0.15, 0.2) is 69.2 Å². The maximum absolute atomic E-state index is 13.1. The van der Waals surface area contributed by atoms with Crippen LogP contribution >= 0.6 is 22.7 Å². The molecule has 0 unspecified atom stereocenters. The summed E-state index contributed by atoms with van der Waals surface area (Å²) < 4.78 is 1.11. The molecule has 4 aromatic rings. The lowest BCUT2D eigenvalue weighted by Crippen LogP contribution is -2.35. The Bertz CT molecular complexity index is 1260. The van der Waals surface area contributed by atoms with E-state index >= 15 is 0 Å². The van der Waals surface area contributed by atoms with Crippen molar-refractivity contribution in [1.29, 1.82) is 0 Å². The summed E-state index contributed by atoms with van der Waals surface area (Å²) in [4.78, 5) is 27.9. The van der Waals surface area contributed by atoms with Crippen molar-refractivity contribution in [2.45, 2.75) is 19.0 Å². The van der Waals surface area contributed by atoms with Gasteiger partial charge in [-0.3, -0.25) is 9.59 Å². The molecule has 9 heteroatoms. The molecule has 1 aliphatic heterocycles. The first-order valence-electron chi connectivity index (χ1n) is 9.00. The Hall–Kier alpha value is -3.17. The maximum Gasteiger partial charge on any atom is 0.278 e. The minimum absolute atomic E-state index is 0.177. The monoisotopic (exact) mass is 421 g/mol. The summed E-state index contributed by atoms with van der Waals surface area (Å²) in [5.74, 6) is -0.290. The standard InChI is InChI=1S/C20H15N5O2S2/c26-19(12-24-20(27)13-5-1-2-6-14(13)21-23-24)25-16(18-8-4-10-29-18)11-15(22-25)17-7-3-9-28-17/h1-10,16H,11-12H2/t16-/m1/s1. The molecule has 0 bridgehead atoms. The highest BCUT2D eigenvalue weighted by atomic mass is 32.1. The predicted octanol–water partition coefficient (Wildman–Crippen LogP) is 3.29. The summed E-state index contributed by atoms with van der Waals surface area (Å²) in [5.41, 5.74) is 1.05. The lowest BCUT2D eigenvalue weighted by molar-refractivity contribution is -0.133. The molecule has 3 aromatic heterocycles. The third-order valence-electron chi connectivity index (χ3n) is 4.76. The Morgan fingerprint density at radius 1 is 1.07 bits per heavy atom. The Morgan fingerprint density at radius 3 is 2.69 bits per heavy atom. The van der Waals surface area contributed by atoms with Crippen molar-refractivity contribution in [2.24, 2.45) is 5.10 Å². The number of carbonyl (C=O) groups is 1. The summed E-state index contributed by atoms with van der Waals surface area (Å²) >= 11 is 3.19. The third-order valence-corrected chi connectivity index (χ3v) is 6.65. The normalized spacial score (nSPS) is 16.3. The van der Waals surface area contributed by atoms with Crippen LogP contribution in [0.3, 0.4) is 0 Å². The van der Waals surface area contributed by atoms with Crippen molar-refractivity contribution >= 4 is 45.2 Å². The van der Waals surface area contributed by atoms with Crippen molar-refractivity contribution < 1.29 is 4.79 Å². The number of amides is 1. The number of benzene rings is 1. The van der Waals surface area contributed by atoms with Crippen LogP contribution in [0.5, 0.6) is 0 Å². The fraction of sp³-hybridized carbons (Fsp3) is 0.150. The van der Waals surface area contributed by atoms with E-state index in [0.29, 0.717) is 17.3 Å². The zero-order valence-corrected chi connectivity index (χ0v) is 16.8. The van der Waals surface area contributed by atoms with Gasteiger partial charge in [-0.15, -0.1) is 27.8 Å². The number of fused-ring (bicyclic) bond motifs is 1. The van der Waals surface area contributed by atoms with Crippen molar-refractivity contribution in [3.05, 3.63) is 79.4 Å². The van der Waals surface area contributed by atoms with Gasteiger partial charge in [-0.2, -0.15) is 5.10 Å². The molecule has 7 nitrogen and oxygen atoms in total. The summed E-state index contributed by atoms with van der Waals surface area (Å²) in [6, 6.07) is 14.7. The van der Waals surface area contributed by atoms with Crippen LogP contribution in [0, 0.1) is 0 Å². The second-order valence-corrected chi connectivity index (χ2v) is 8.49. The Kier molecular flexibility index (Phi) is 4.53. The first-order chi connectivity index (χ1) is 14.2. The zero-order chi connectivity index (χ0) is 19.8.